The lowest BCUT2D eigenvalue weighted by molar-refractivity contribution is -0.145. The Morgan fingerprint density at radius 1 is 1.22 bits per heavy atom. The third kappa shape index (κ3) is 2.94. The van der Waals surface area contributed by atoms with Gasteiger partial charge >= 0.3 is 12.1 Å². The smallest absolute Gasteiger partial charge is 0.410 e. The summed E-state index contributed by atoms with van der Waals surface area (Å²) in [5.74, 6) is -0.479. The summed E-state index contributed by atoms with van der Waals surface area (Å²) in [6.45, 7) is 0.239. The second kappa shape index (κ2) is 6.41. The van der Waals surface area contributed by atoms with E-state index in [4.69, 9.17) is 25.9 Å². The van der Waals surface area contributed by atoms with Crippen LogP contribution in [0, 0.1) is 0 Å². The monoisotopic (exact) mass is 392 g/mol. The highest BCUT2D eigenvalue weighted by Gasteiger charge is 2.59. The van der Waals surface area contributed by atoms with Crippen LogP contribution in [-0.2, 0) is 24.5 Å². The number of carbonyl (C=O) groups excluding carboxylic acids is 2. The van der Waals surface area contributed by atoms with Crippen molar-refractivity contribution >= 4 is 29.4 Å². The van der Waals surface area contributed by atoms with Gasteiger partial charge in [0, 0.05) is 23.3 Å². The Morgan fingerprint density at radius 3 is 2.52 bits per heavy atom. The van der Waals surface area contributed by atoms with Crippen molar-refractivity contribution in [2.75, 3.05) is 20.8 Å². The molecule has 1 aromatic rings. The number of esters is 1. The van der Waals surface area contributed by atoms with Crippen molar-refractivity contribution in [3.63, 3.8) is 0 Å². The topological polar surface area (TPSA) is 77.4 Å². The van der Waals surface area contributed by atoms with E-state index in [-0.39, 0.29) is 12.0 Å². The van der Waals surface area contributed by atoms with Crippen LogP contribution in [0.3, 0.4) is 0 Å². The molecule has 1 unspecified atom stereocenters. The molecule has 0 N–H and O–H groups in total. The highest BCUT2D eigenvalue weighted by Crippen LogP contribution is 2.54. The number of methoxy groups -OCH3 is 2. The van der Waals surface area contributed by atoms with Gasteiger partial charge in [-0.25, -0.2) is 9.59 Å². The van der Waals surface area contributed by atoms with Crippen molar-refractivity contribution in [1.29, 1.82) is 0 Å². The first-order valence-corrected chi connectivity index (χ1v) is 9.25. The van der Waals surface area contributed by atoms with Crippen molar-refractivity contribution in [3.8, 4) is 0 Å². The lowest BCUT2D eigenvalue weighted by atomic mass is 9.83. The van der Waals surface area contributed by atoms with Crippen molar-refractivity contribution in [1.82, 2.24) is 4.90 Å². The molecule has 2 atom stereocenters. The number of ether oxygens (including phenoxy) is 2. The van der Waals surface area contributed by atoms with Crippen LogP contribution in [0.5, 0.6) is 0 Å². The van der Waals surface area contributed by atoms with Gasteiger partial charge in [-0.15, -0.1) is 0 Å². The average molecular weight is 393 g/mol. The van der Waals surface area contributed by atoms with Gasteiger partial charge in [0.25, 0.3) is 0 Å². The fraction of sp³-hybridized carbons (Fsp3) is 0.526. The van der Waals surface area contributed by atoms with Crippen LogP contribution >= 0.6 is 11.6 Å². The quantitative estimate of drug-likeness (QED) is 0.739. The zero-order valence-corrected chi connectivity index (χ0v) is 16.0. The predicted molar refractivity (Wildman–Crippen MR) is 97.8 cm³/mol. The number of likely N-dealkylation sites (tertiary alicyclic amines) is 1. The number of amides is 1. The minimum atomic E-state index is -0.734. The molecule has 2 fully saturated rings. The van der Waals surface area contributed by atoms with Crippen LogP contribution in [-0.4, -0.2) is 55.1 Å². The van der Waals surface area contributed by atoms with Crippen molar-refractivity contribution in [2.24, 2.45) is 5.16 Å². The van der Waals surface area contributed by atoms with Crippen molar-refractivity contribution < 1.29 is 23.9 Å². The molecule has 1 aliphatic carbocycles. The van der Waals surface area contributed by atoms with E-state index in [1.807, 2.05) is 24.3 Å². The summed E-state index contributed by atoms with van der Waals surface area (Å²) in [7, 11) is 2.60. The third-order valence-corrected chi connectivity index (χ3v) is 6.07. The number of hydrogen-bond donors (Lipinski definition) is 0. The number of nitrogens with zero attached hydrogens (tertiary/aromatic N) is 2. The van der Waals surface area contributed by atoms with Gasteiger partial charge in [0.15, 0.2) is 5.60 Å². The number of benzene rings is 1. The maximum Gasteiger partial charge on any atom is 0.410 e. The molecule has 4 rings (SSSR count). The standard InChI is InChI=1S/C19H21ClN2O5/c1-25-16(23)14-9-18(11-22(14)17(24)26-2)10-15(21-27-18)19(7-8-19)12-3-5-13(20)6-4-12/h3-6,14H,7-11H2,1-2H3/t14-,18?/m0/s1. The highest BCUT2D eigenvalue weighted by atomic mass is 35.5. The van der Waals surface area contributed by atoms with Crippen LogP contribution in [0.4, 0.5) is 4.79 Å². The minimum absolute atomic E-state index is 0.131. The summed E-state index contributed by atoms with van der Waals surface area (Å²) >= 11 is 6.01. The molecule has 1 aromatic carbocycles. The molecule has 1 amide bonds. The van der Waals surface area contributed by atoms with E-state index in [1.54, 1.807) is 0 Å². The second-order valence-electron chi connectivity index (χ2n) is 7.42. The van der Waals surface area contributed by atoms with Gasteiger partial charge in [-0.2, -0.15) is 0 Å². The van der Waals surface area contributed by atoms with Gasteiger partial charge in [-0.3, -0.25) is 4.90 Å². The van der Waals surface area contributed by atoms with E-state index in [0.29, 0.717) is 17.9 Å². The van der Waals surface area contributed by atoms with Gasteiger partial charge in [0.2, 0.25) is 0 Å². The first-order chi connectivity index (χ1) is 12.9. The van der Waals surface area contributed by atoms with Crippen LogP contribution in [0.2, 0.25) is 5.02 Å². The zero-order chi connectivity index (χ0) is 19.2. The number of halogens is 1. The van der Waals surface area contributed by atoms with Gasteiger partial charge in [-0.1, -0.05) is 28.9 Å². The maximum absolute atomic E-state index is 12.2. The molecule has 7 nitrogen and oxygen atoms in total. The fourth-order valence-corrected chi connectivity index (χ4v) is 4.34. The first-order valence-electron chi connectivity index (χ1n) is 8.87. The van der Waals surface area contributed by atoms with Crippen molar-refractivity contribution in [2.45, 2.75) is 42.7 Å². The number of hydrogen-bond acceptors (Lipinski definition) is 6. The molecule has 144 valence electrons. The third-order valence-electron chi connectivity index (χ3n) is 5.82. The van der Waals surface area contributed by atoms with E-state index in [9.17, 15) is 9.59 Å². The predicted octanol–water partition coefficient (Wildman–Crippen LogP) is 2.90. The molecule has 8 heteroatoms. The van der Waals surface area contributed by atoms with E-state index in [2.05, 4.69) is 5.16 Å². The lowest BCUT2D eigenvalue weighted by Gasteiger charge is -2.22. The molecule has 0 radical (unpaired) electrons. The lowest BCUT2D eigenvalue weighted by Crippen LogP contribution is -2.41. The normalized spacial score (nSPS) is 27.9. The van der Waals surface area contributed by atoms with E-state index in [0.717, 1.165) is 18.6 Å². The number of rotatable bonds is 3. The summed E-state index contributed by atoms with van der Waals surface area (Å²) < 4.78 is 9.68. The summed E-state index contributed by atoms with van der Waals surface area (Å²) in [6, 6.07) is 7.07. The molecule has 2 aliphatic heterocycles. The highest BCUT2D eigenvalue weighted by molar-refractivity contribution is 6.30. The Kier molecular flexibility index (Phi) is 4.29. The Labute approximate surface area is 162 Å². The molecule has 3 aliphatic rings. The van der Waals surface area contributed by atoms with E-state index < -0.39 is 23.7 Å². The molecule has 1 saturated carbocycles. The Balaban J connectivity index is 1.55. The molecular formula is C19H21ClN2O5. The summed E-state index contributed by atoms with van der Waals surface area (Å²) in [5, 5.41) is 5.09. The Morgan fingerprint density at radius 2 is 1.93 bits per heavy atom. The van der Waals surface area contributed by atoms with Crippen LogP contribution in [0.15, 0.2) is 29.4 Å². The second-order valence-corrected chi connectivity index (χ2v) is 7.86. The van der Waals surface area contributed by atoms with Gasteiger partial charge in [0.05, 0.1) is 26.5 Å². The van der Waals surface area contributed by atoms with E-state index in [1.165, 1.54) is 24.7 Å². The molecule has 1 saturated heterocycles. The van der Waals surface area contributed by atoms with Crippen LogP contribution < -0.4 is 0 Å². The number of carbonyl (C=O) groups is 2. The minimum Gasteiger partial charge on any atom is -0.467 e. The molecule has 27 heavy (non-hydrogen) atoms. The largest absolute Gasteiger partial charge is 0.467 e. The first kappa shape index (κ1) is 18.1. The summed E-state index contributed by atoms with van der Waals surface area (Å²) in [6.07, 6.45) is 2.31. The summed E-state index contributed by atoms with van der Waals surface area (Å²) in [5.41, 5.74) is 1.27. The van der Waals surface area contributed by atoms with Crippen LogP contribution in [0.1, 0.15) is 31.2 Å². The average Bonchev–Trinajstić information content (AvgIpc) is 3.26. The van der Waals surface area contributed by atoms with Crippen molar-refractivity contribution in [3.05, 3.63) is 34.9 Å². The molecule has 0 aromatic heterocycles. The van der Waals surface area contributed by atoms with Gasteiger partial charge < -0.3 is 14.3 Å². The molecule has 1 spiro atoms. The molecule has 0 bridgehead atoms. The fourth-order valence-electron chi connectivity index (χ4n) is 4.21. The molecule has 2 heterocycles. The van der Waals surface area contributed by atoms with Crippen LogP contribution in [0.25, 0.3) is 0 Å². The Hall–Kier alpha value is -2.28. The molecular weight excluding hydrogens is 372 g/mol. The van der Waals surface area contributed by atoms with Gasteiger partial charge in [0.1, 0.15) is 6.04 Å². The van der Waals surface area contributed by atoms with Gasteiger partial charge in [-0.05, 0) is 30.5 Å². The van der Waals surface area contributed by atoms with E-state index >= 15 is 0 Å². The SMILES string of the molecule is COC(=O)[C@@H]1CC2(CC(C3(c4ccc(Cl)cc4)CC3)=NO2)CN1C(=O)OC. The summed E-state index contributed by atoms with van der Waals surface area (Å²) in [4.78, 5) is 31.5. The zero-order valence-electron chi connectivity index (χ0n) is 15.2. The maximum atomic E-state index is 12.2. The Bertz CT molecular complexity index is 779. The number of oxime groups is 1.